The fourth-order valence-electron chi connectivity index (χ4n) is 1.59. The zero-order chi connectivity index (χ0) is 14.7. The normalized spacial score (nSPS) is 10.1. The maximum absolute atomic E-state index is 12.0. The van der Waals surface area contributed by atoms with Gasteiger partial charge in [0.1, 0.15) is 11.5 Å². The van der Waals surface area contributed by atoms with E-state index in [4.69, 9.17) is 5.73 Å². The summed E-state index contributed by atoms with van der Waals surface area (Å²) in [6, 6.07) is 7.29. The lowest BCUT2D eigenvalue weighted by Gasteiger charge is -2.05. The van der Waals surface area contributed by atoms with Gasteiger partial charge >= 0.3 is 0 Å². The molecule has 1 amide bonds. The number of carbonyl (C=O) groups is 1. The molecule has 0 atom stereocenters. The van der Waals surface area contributed by atoms with Gasteiger partial charge in [0.15, 0.2) is 0 Å². The Kier molecular flexibility index (Phi) is 3.60. The highest BCUT2D eigenvalue weighted by molar-refractivity contribution is 6.04. The molecule has 2 rings (SSSR count). The lowest BCUT2D eigenvalue weighted by Crippen LogP contribution is -2.13. The summed E-state index contributed by atoms with van der Waals surface area (Å²) in [6.45, 7) is 1.88. The lowest BCUT2D eigenvalue weighted by molar-refractivity contribution is -0.383. The molecule has 0 saturated carbocycles. The molecule has 0 fully saturated rings. The predicted octanol–water partition coefficient (Wildman–Crippen LogP) is 2.13. The second-order valence-corrected chi connectivity index (χ2v) is 4.21. The first kappa shape index (κ1) is 13.5. The van der Waals surface area contributed by atoms with Crippen LogP contribution in [0.3, 0.4) is 0 Å². The first-order valence-corrected chi connectivity index (χ1v) is 5.75. The fourth-order valence-corrected chi connectivity index (χ4v) is 1.59. The van der Waals surface area contributed by atoms with Crippen LogP contribution in [0, 0.1) is 17.0 Å². The minimum absolute atomic E-state index is 0.0560. The molecule has 102 valence electrons. The molecule has 20 heavy (non-hydrogen) atoms. The van der Waals surface area contributed by atoms with Crippen LogP contribution in [-0.4, -0.2) is 15.8 Å². The van der Waals surface area contributed by atoms with Gasteiger partial charge < -0.3 is 11.1 Å². The summed E-state index contributed by atoms with van der Waals surface area (Å²) < 4.78 is 0. The molecule has 1 aromatic carbocycles. The molecule has 2 aromatic rings. The average molecular weight is 272 g/mol. The number of rotatable bonds is 3. The predicted molar refractivity (Wildman–Crippen MR) is 74.4 cm³/mol. The number of nitrogens with zero attached hydrogens (tertiary/aromatic N) is 2. The van der Waals surface area contributed by atoms with Crippen LogP contribution in [0.5, 0.6) is 0 Å². The first-order chi connectivity index (χ1) is 9.47. The Bertz CT molecular complexity index is 668. The third-order valence-corrected chi connectivity index (χ3v) is 2.64. The SMILES string of the molecule is Cc1ccc(NC(=O)c2ccc([N+](=O)[O-])c(N)c2)nc1. The number of hydrogen-bond donors (Lipinski definition) is 2. The van der Waals surface area contributed by atoms with Gasteiger partial charge in [0.05, 0.1) is 4.92 Å². The number of nitro groups is 1. The molecule has 3 N–H and O–H groups in total. The monoisotopic (exact) mass is 272 g/mol. The topological polar surface area (TPSA) is 111 Å². The van der Waals surface area contributed by atoms with Crippen LogP contribution in [0.15, 0.2) is 36.5 Å². The number of nitrogens with two attached hydrogens (primary N) is 1. The maximum Gasteiger partial charge on any atom is 0.292 e. The highest BCUT2D eigenvalue weighted by atomic mass is 16.6. The van der Waals surface area contributed by atoms with Crippen LogP contribution in [0.4, 0.5) is 17.2 Å². The first-order valence-electron chi connectivity index (χ1n) is 5.75. The number of benzene rings is 1. The van der Waals surface area contributed by atoms with Gasteiger partial charge in [-0.1, -0.05) is 6.07 Å². The molecule has 0 aliphatic heterocycles. The van der Waals surface area contributed by atoms with Crippen LogP contribution < -0.4 is 11.1 Å². The molecule has 0 spiro atoms. The van der Waals surface area contributed by atoms with Crippen molar-refractivity contribution in [3.63, 3.8) is 0 Å². The molecule has 0 unspecified atom stereocenters. The highest BCUT2D eigenvalue weighted by Gasteiger charge is 2.14. The van der Waals surface area contributed by atoms with Gasteiger partial charge in [0, 0.05) is 17.8 Å². The van der Waals surface area contributed by atoms with Crippen LogP contribution in [-0.2, 0) is 0 Å². The second kappa shape index (κ2) is 5.35. The number of nitrogens with one attached hydrogen (secondary N) is 1. The Hall–Kier alpha value is -2.96. The number of aryl methyl sites for hydroxylation is 1. The van der Waals surface area contributed by atoms with Crippen molar-refractivity contribution in [1.82, 2.24) is 4.98 Å². The quantitative estimate of drug-likeness (QED) is 0.505. The van der Waals surface area contributed by atoms with Crippen molar-refractivity contribution in [3.8, 4) is 0 Å². The molecule has 7 heteroatoms. The number of hydrogen-bond acceptors (Lipinski definition) is 5. The maximum atomic E-state index is 12.0. The second-order valence-electron chi connectivity index (χ2n) is 4.21. The molecule has 1 heterocycles. The number of anilines is 2. The molecule has 0 saturated heterocycles. The van der Waals surface area contributed by atoms with Gasteiger partial charge in [-0.25, -0.2) is 4.98 Å². The van der Waals surface area contributed by atoms with Gasteiger partial charge in [0.25, 0.3) is 11.6 Å². The van der Waals surface area contributed by atoms with Gasteiger partial charge in [-0.3, -0.25) is 14.9 Å². The third-order valence-electron chi connectivity index (χ3n) is 2.64. The number of nitrogen functional groups attached to an aromatic ring is 1. The van der Waals surface area contributed by atoms with Crippen molar-refractivity contribution in [1.29, 1.82) is 0 Å². The number of nitro benzene ring substituents is 1. The number of amides is 1. The van der Waals surface area contributed by atoms with E-state index in [-0.39, 0.29) is 16.9 Å². The summed E-state index contributed by atoms with van der Waals surface area (Å²) in [6.07, 6.45) is 1.62. The highest BCUT2D eigenvalue weighted by Crippen LogP contribution is 2.22. The van der Waals surface area contributed by atoms with E-state index in [1.165, 1.54) is 18.2 Å². The Morgan fingerprint density at radius 1 is 1.35 bits per heavy atom. The van der Waals surface area contributed by atoms with Crippen molar-refractivity contribution in [2.75, 3.05) is 11.1 Å². The average Bonchev–Trinajstić information content (AvgIpc) is 2.40. The van der Waals surface area contributed by atoms with Gasteiger partial charge in [0.2, 0.25) is 0 Å². The fraction of sp³-hybridized carbons (Fsp3) is 0.0769. The zero-order valence-electron chi connectivity index (χ0n) is 10.7. The molecular formula is C13H12N4O3. The Morgan fingerprint density at radius 3 is 2.65 bits per heavy atom. The van der Waals surface area contributed by atoms with E-state index in [0.717, 1.165) is 5.56 Å². The third kappa shape index (κ3) is 2.89. The van der Waals surface area contributed by atoms with Gasteiger partial charge in [-0.2, -0.15) is 0 Å². The van der Waals surface area contributed by atoms with Crippen LogP contribution >= 0.6 is 0 Å². The van der Waals surface area contributed by atoms with Gasteiger partial charge in [-0.05, 0) is 30.7 Å². The van der Waals surface area contributed by atoms with Crippen molar-refractivity contribution in [2.24, 2.45) is 0 Å². The van der Waals surface area contributed by atoms with Gasteiger partial charge in [-0.15, -0.1) is 0 Å². The van der Waals surface area contributed by atoms with Crippen molar-refractivity contribution >= 4 is 23.1 Å². The Balaban J connectivity index is 2.19. The Labute approximate surface area is 114 Å². The van der Waals surface area contributed by atoms with Crippen LogP contribution in [0.25, 0.3) is 0 Å². The molecule has 7 nitrogen and oxygen atoms in total. The van der Waals surface area contributed by atoms with E-state index in [1.54, 1.807) is 12.3 Å². The van der Waals surface area contributed by atoms with E-state index in [1.807, 2.05) is 13.0 Å². The van der Waals surface area contributed by atoms with Crippen molar-refractivity contribution in [2.45, 2.75) is 6.92 Å². The largest absolute Gasteiger partial charge is 0.393 e. The molecular weight excluding hydrogens is 260 g/mol. The van der Waals surface area contributed by atoms with E-state index in [9.17, 15) is 14.9 Å². The molecule has 1 aromatic heterocycles. The summed E-state index contributed by atoms with van der Waals surface area (Å²) in [4.78, 5) is 26.0. The lowest BCUT2D eigenvalue weighted by atomic mass is 10.1. The summed E-state index contributed by atoms with van der Waals surface area (Å²) in [5.41, 5.74) is 6.46. The number of pyridine rings is 1. The van der Waals surface area contributed by atoms with E-state index in [2.05, 4.69) is 10.3 Å². The zero-order valence-corrected chi connectivity index (χ0v) is 10.7. The summed E-state index contributed by atoms with van der Waals surface area (Å²) in [5.74, 6) is -0.0273. The molecule has 0 aliphatic carbocycles. The van der Waals surface area contributed by atoms with Crippen LogP contribution in [0.2, 0.25) is 0 Å². The van der Waals surface area contributed by atoms with Crippen molar-refractivity contribution in [3.05, 3.63) is 57.8 Å². The standard InChI is InChI=1S/C13H12N4O3/c1-8-2-5-12(15-7-8)16-13(18)9-3-4-11(17(19)20)10(14)6-9/h2-7H,14H2,1H3,(H,15,16,18). The smallest absolute Gasteiger partial charge is 0.292 e. The van der Waals surface area contributed by atoms with E-state index in [0.29, 0.717) is 5.82 Å². The van der Waals surface area contributed by atoms with Crippen molar-refractivity contribution < 1.29 is 9.72 Å². The number of aromatic nitrogens is 1. The van der Waals surface area contributed by atoms with E-state index < -0.39 is 10.8 Å². The molecule has 0 radical (unpaired) electrons. The summed E-state index contributed by atoms with van der Waals surface area (Å²) in [7, 11) is 0. The van der Waals surface area contributed by atoms with Crippen LogP contribution in [0.1, 0.15) is 15.9 Å². The summed E-state index contributed by atoms with van der Waals surface area (Å²) in [5, 5.41) is 13.2. The Morgan fingerprint density at radius 2 is 2.10 bits per heavy atom. The minimum Gasteiger partial charge on any atom is -0.393 e. The molecule has 0 bridgehead atoms. The molecule has 0 aliphatic rings. The van der Waals surface area contributed by atoms with E-state index >= 15 is 0 Å². The minimum atomic E-state index is -0.599. The number of carbonyl (C=O) groups excluding carboxylic acids is 1. The summed E-state index contributed by atoms with van der Waals surface area (Å²) >= 11 is 0.